The van der Waals surface area contributed by atoms with Gasteiger partial charge in [0.25, 0.3) is 0 Å². The summed E-state index contributed by atoms with van der Waals surface area (Å²) in [5, 5.41) is 4.10. The van der Waals surface area contributed by atoms with Crippen molar-refractivity contribution in [1.82, 2.24) is 30.0 Å². The molecule has 0 bridgehead atoms. The van der Waals surface area contributed by atoms with E-state index in [2.05, 4.69) is 36.9 Å². The first-order valence-corrected chi connectivity index (χ1v) is 11.4. The Morgan fingerprint density at radius 1 is 0.938 bits per heavy atom. The van der Waals surface area contributed by atoms with E-state index in [-0.39, 0.29) is 5.92 Å². The molecule has 3 aromatic rings. The fourth-order valence-corrected chi connectivity index (χ4v) is 4.51. The molecule has 0 saturated carbocycles. The van der Waals surface area contributed by atoms with E-state index < -0.39 is 0 Å². The van der Waals surface area contributed by atoms with Crippen LogP contribution in [0, 0.1) is 13.8 Å². The van der Waals surface area contributed by atoms with Crippen molar-refractivity contribution in [3.8, 4) is 11.3 Å². The Bertz CT molecular complexity index is 1080. The van der Waals surface area contributed by atoms with Gasteiger partial charge >= 0.3 is 0 Å². The SMILES string of the molecule is Cc1cc(-c2cnc(N3CCN(C)CC3)nc2[C@@H]2CCCN(c3nccc(C)n3)C2)on1. The Balaban J connectivity index is 1.49. The molecule has 0 spiro atoms. The smallest absolute Gasteiger partial charge is 0.225 e. The maximum atomic E-state index is 5.62. The maximum absolute atomic E-state index is 5.62. The minimum Gasteiger partial charge on any atom is -0.356 e. The summed E-state index contributed by atoms with van der Waals surface area (Å²) in [6.07, 6.45) is 5.87. The number of aryl methyl sites for hydroxylation is 2. The van der Waals surface area contributed by atoms with Crippen LogP contribution in [0.3, 0.4) is 0 Å². The van der Waals surface area contributed by atoms with Crippen LogP contribution in [-0.2, 0) is 0 Å². The summed E-state index contributed by atoms with van der Waals surface area (Å²) >= 11 is 0. The van der Waals surface area contributed by atoms with Crippen molar-refractivity contribution in [3.63, 3.8) is 0 Å². The summed E-state index contributed by atoms with van der Waals surface area (Å²) in [6, 6.07) is 3.89. The lowest BCUT2D eigenvalue weighted by atomic mass is 9.91. The van der Waals surface area contributed by atoms with Crippen LogP contribution in [0.1, 0.15) is 35.8 Å². The number of piperazine rings is 1. The van der Waals surface area contributed by atoms with Gasteiger partial charge in [0.05, 0.1) is 17.0 Å². The second-order valence-corrected chi connectivity index (χ2v) is 8.87. The van der Waals surface area contributed by atoms with Gasteiger partial charge in [-0.05, 0) is 39.8 Å². The molecule has 2 saturated heterocycles. The van der Waals surface area contributed by atoms with Crippen molar-refractivity contribution in [2.24, 2.45) is 0 Å². The standard InChI is InChI=1S/C23H30N8O/c1-16-6-7-24-22(26-16)31-8-4-5-18(15-31)21-19(20-13-17(2)28-32-20)14-25-23(27-21)30-11-9-29(3)10-12-30/h6-7,13-14,18H,4-5,8-12,15H2,1-3H3/t18-/m1/s1. The van der Waals surface area contributed by atoms with E-state index in [4.69, 9.17) is 14.5 Å². The van der Waals surface area contributed by atoms with Crippen molar-refractivity contribution >= 4 is 11.9 Å². The van der Waals surface area contributed by atoms with Gasteiger partial charge in [0.15, 0.2) is 5.76 Å². The lowest BCUT2D eigenvalue weighted by Gasteiger charge is -2.35. The summed E-state index contributed by atoms with van der Waals surface area (Å²) in [7, 11) is 2.16. The molecule has 5 rings (SSSR count). The number of rotatable bonds is 4. The zero-order chi connectivity index (χ0) is 22.1. The molecule has 0 amide bonds. The number of nitrogens with zero attached hydrogens (tertiary/aromatic N) is 8. The molecular weight excluding hydrogens is 404 g/mol. The largest absolute Gasteiger partial charge is 0.356 e. The van der Waals surface area contributed by atoms with E-state index >= 15 is 0 Å². The van der Waals surface area contributed by atoms with Crippen LogP contribution >= 0.6 is 0 Å². The van der Waals surface area contributed by atoms with Gasteiger partial charge in [-0.2, -0.15) is 0 Å². The van der Waals surface area contributed by atoms with Crippen molar-refractivity contribution < 1.29 is 4.52 Å². The van der Waals surface area contributed by atoms with E-state index in [0.717, 1.165) is 92.4 Å². The first kappa shape index (κ1) is 20.8. The monoisotopic (exact) mass is 434 g/mol. The first-order valence-electron chi connectivity index (χ1n) is 11.4. The molecule has 9 heteroatoms. The maximum Gasteiger partial charge on any atom is 0.225 e. The van der Waals surface area contributed by atoms with Crippen LogP contribution in [0.15, 0.2) is 29.0 Å². The Labute approximate surface area is 188 Å². The fraction of sp³-hybridized carbons (Fsp3) is 0.522. The predicted octanol–water partition coefficient (Wildman–Crippen LogP) is 2.67. The average Bonchev–Trinajstić information content (AvgIpc) is 3.25. The predicted molar refractivity (Wildman–Crippen MR) is 123 cm³/mol. The highest BCUT2D eigenvalue weighted by Crippen LogP contribution is 2.35. The van der Waals surface area contributed by atoms with Gasteiger partial charge in [-0.3, -0.25) is 0 Å². The topological polar surface area (TPSA) is 87.3 Å². The van der Waals surface area contributed by atoms with Gasteiger partial charge in [0, 0.05) is 69.3 Å². The van der Waals surface area contributed by atoms with Crippen LogP contribution in [0.5, 0.6) is 0 Å². The Morgan fingerprint density at radius 2 is 1.75 bits per heavy atom. The molecule has 0 radical (unpaired) electrons. The van der Waals surface area contributed by atoms with Crippen molar-refractivity contribution in [1.29, 1.82) is 0 Å². The van der Waals surface area contributed by atoms with Crippen LogP contribution < -0.4 is 9.80 Å². The minimum absolute atomic E-state index is 0.238. The fourth-order valence-electron chi connectivity index (χ4n) is 4.51. The molecule has 168 valence electrons. The third kappa shape index (κ3) is 4.29. The zero-order valence-corrected chi connectivity index (χ0v) is 19.0. The third-order valence-electron chi connectivity index (χ3n) is 6.36. The number of piperidine rings is 1. The first-order chi connectivity index (χ1) is 15.6. The van der Waals surface area contributed by atoms with E-state index in [9.17, 15) is 0 Å². The second-order valence-electron chi connectivity index (χ2n) is 8.87. The third-order valence-corrected chi connectivity index (χ3v) is 6.36. The van der Waals surface area contributed by atoms with Gasteiger partial charge in [-0.15, -0.1) is 0 Å². The highest BCUT2D eigenvalue weighted by Gasteiger charge is 2.29. The molecule has 2 fully saturated rings. The number of aromatic nitrogens is 5. The molecule has 1 atom stereocenters. The number of hydrogen-bond donors (Lipinski definition) is 0. The van der Waals surface area contributed by atoms with Crippen LogP contribution in [0.25, 0.3) is 11.3 Å². The molecule has 0 aromatic carbocycles. The van der Waals surface area contributed by atoms with E-state index in [0.29, 0.717) is 0 Å². The zero-order valence-electron chi connectivity index (χ0n) is 19.0. The molecule has 32 heavy (non-hydrogen) atoms. The van der Waals surface area contributed by atoms with Gasteiger partial charge in [-0.25, -0.2) is 19.9 Å². The Kier molecular flexibility index (Phi) is 5.73. The second kappa shape index (κ2) is 8.82. The lowest BCUT2D eigenvalue weighted by molar-refractivity contribution is 0.311. The van der Waals surface area contributed by atoms with Crippen molar-refractivity contribution in [3.05, 3.63) is 41.6 Å². The van der Waals surface area contributed by atoms with Crippen molar-refractivity contribution in [2.45, 2.75) is 32.6 Å². The summed E-state index contributed by atoms with van der Waals surface area (Å²) in [5.41, 5.74) is 3.80. The molecule has 2 aliphatic heterocycles. The van der Waals surface area contributed by atoms with Crippen LogP contribution in [0.4, 0.5) is 11.9 Å². The number of anilines is 2. The molecule has 0 N–H and O–H groups in total. The minimum atomic E-state index is 0.238. The van der Waals surface area contributed by atoms with Gasteiger partial charge in [-0.1, -0.05) is 5.16 Å². The molecule has 0 unspecified atom stereocenters. The average molecular weight is 435 g/mol. The van der Waals surface area contributed by atoms with E-state index in [1.165, 1.54) is 0 Å². The van der Waals surface area contributed by atoms with Crippen LogP contribution in [-0.4, -0.2) is 76.3 Å². The van der Waals surface area contributed by atoms with E-state index in [1.54, 1.807) is 0 Å². The van der Waals surface area contributed by atoms with E-state index in [1.807, 2.05) is 38.4 Å². The normalized spacial score (nSPS) is 20.0. The quantitative estimate of drug-likeness (QED) is 0.615. The summed E-state index contributed by atoms with van der Waals surface area (Å²) in [5.74, 6) is 2.56. The number of likely N-dealkylation sites (N-methyl/N-ethyl adjacent to an activating group) is 1. The molecule has 9 nitrogen and oxygen atoms in total. The lowest BCUT2D eigenvalue weighted by Crippen LogP contribution is -2.45. The van der Waals surface area contributed by atoms with Gasteiger partial charge < -0.3 is 19.2 Å². The molecule has 0 aliphatic carbocycles. The van der Waals surface area contributed by atoms with Crippen molar-refractivity contribution in [2.75, 3.05) is 56.1 Å². The highest BCUT2D eigenvalue weighted by atomic mass is 16.5. The Hall–Kier alpha value is -3.07. The van der Waals surface area contributed by atoms with Gasteiger partial charge in [0.1, 0.15) is 0 Å². The number of hydrogen-bond acceptors (Lipinski definition) is 9. The summed E-state index contributed by atoms with van der Waals surface area (Å²) < 4.78 is 5.62. The highest BCUT2D eigenvalue weighted by molar-refractivity contribution is 5.62. The van der Waals surface area contributed by atoms with Crippen LogP contribution in [0.2, 0.25) is 0 Å². The Morgan fingerprint density at radius 3 is 2.50 bits per heavy atom. The molecular formula is C23H30N8O. The molecule has 2 aliphatic rings. The summed E-state index contributed by atoms with van der Waals surface area (Å²) in [6.45, 7) is 9.62. The summed E-state index contributed by atoms with van der Waals surface area (Å²) in [4.78, 5) is 25.9. The molecule has 3 aromatic heterocycles. The molecule has 5 heterocycles. The van der Waals surface area contributed by atoms with Gasteiger partial charge in [0.2, 0.25) is 11.9 Å².